The Balaban J connectivity index is 2.65. The van der Waals surface area contributed by atoms with Crippen molar-refractivity contribution in [1.82, 2.24) is 4.57 Å². The maximum atomic E-state index is 12.3. The molecule has 3 aromatic rings. The van der Waals surface area contributed by atoms with Crippen LogP contribution in [0, 0.1) is 6.92 Å². The number of aromatic nitrogens is 1. The molecular weight excluding hydrogens is 230 g/mol. The topological polar surface area (TPSA) is 52.2 Å². The number of rotatable bonds is 0. The zero-order valence-electron chi connectivity index (χ0n) is 10.1. The van der Waals surface area contributed by atoms with Gasteiger partial charge in [0, 0.05) is 13.1 Å². The summed E-state index contributed by atoms with van der Waals surface area (Å²) < 4.78 is 7.00. The maximum Gasteiger partial charge on any atom is 0.253 e. The number of nitrogens with zero attached hydrogens (tertiary/aromatic N) is 1. The second kappa shape index (κ2) is 3.57. The van der Waals surface area contributed by atoms with E-state index in [1.54, 1.807) is 19.2 Å². The third kappa shape index (κ3) is 1.39. The Labute approximate surface area is 102 Å². The van der Waals surface area contributed by atoms with Crippen molar-refractivity contribution in [3.05, 3.63) is 56.5 Å². The van der Waals surface area contributed by atoms with E-state index in [0.29, 0.717) is 22.1 Å². The second-order valence-corrected chi connectivity index (χ2v) is 4.38. The molecule has 0 unspecified atom stereocenters. The van der Waals surface area contributed by atoms with E-state index in [0.717, 1.165) is 5.56 Å². The Bertz CT molecular complexity index is 887. The van der Waals surface area contributed by atoms with Crippen LogP contribution >= 0.6 is 0 Å². The third-order valence-corrected chi connectivity index (χ3v) is 3.09. The van der Waals surface area contributed by atoms with Gasteiger partial charge in [-0.1, -0.05) is 11.6 Å². The van der Waals surface area contributed by atoms with Crippen LogP contribution in [0.25, 0.3) is 22.1 Å². The van der Waals surface area contributed by atoms with Gasteiger partial charge >= 0.3 is 0 Å². The van der Waals surface area contributed by atoms with Gasteiger partial charge in [0.25, 0.3) is 5.56 Å². The Morgan fingerprint density at radius 3 is 2.61 bits per heavy atom. The zero-order valence-corrected chi connectivity index (χ0v) is 10.1. The number of fused-ring (bicyclic) bond motifs is 2. The minimum Gasteiger partial charge on any atom is -0.439 e. The van der Waals surface area contributed by atoms with Crippen molar-refractivity contribution < 1.29 is 4.42 Å². The van der Waals surface area contributed by atoms with Crippen LogP contribution in [-0.2, 0) is 7.05 Å². The molecule has 0 atom stereocenters. The predicted octanol–water partition coefficient (Wildman–Crippen LogP) is 1.95. The Kier molecular flexibility index (Phi) is 2.13. The van der Waals surface area contributed by atoms with E-state index >= 15 is 0 Å². The highest BCUT2D eigenvalue weighted by Gasteiger charge is 2.10. The van der Waals surface area contributed by atoms with E-state index < -0.39 is 0 Å². The van der Waals surface area contributed by atoms with Gasteiger partial charge in [-0.25, -0.2) is 0 Å². The van der Waals surface area contributed by atoms with Gasteiger partial charge in [-0.3, -0.25) is 14.2 Å². The Morgan fingerprint density at radius 2 is 1.83 bits per heavy atom. The molecule has 0 spiro atoms. The monoisotopic (exact) mass is 241 g/mol. The molecule has 1 aromatic carbocycles. The smallest absolute Gasteiger partial charge is 0.253 e. The number of hydrogen-bond donors (Lipinski definition) is 0. The normalized spacial score (nSPS) is 11.2. The fraction of sp³-hybridized carbons (Fsp3) is 0.143. The molecule has 0 aliphatic heterocycles. The highest BCUT2D eigenvalue weighted by molar-refractivity contribution is 5.88. The van der Waals surface area contributed by atoms with Gasteiger partial charge in [0.2, 0.25) is 11.1 Å². The van der Waals surface area contributed by atoms with Crippen LogP contribution in [0.5, 0.6) is 0 Å². The summed E-state index contributed by atoms with van der Waals surface area (Å²) in [6.07, 6.45) is 0. The summed E-state index contributed by atoms with van der Waals surface area (Å²) in [4.78, 5) is 23.9. The van der Waals surface area contributed by atoms with Crippen LogP contribution in [0.15, 0.2) is 44.3 Å². The molecule has 0 N–H and O–H groups in total. The van der Waals surface area contributed by atoms with Crippen LogP contribution in [0.4, 0.5) is 0 Å². The van der Waals surface area contributed by atoms with Gasteiger partial charge in [0.1, 0.15) is 5.58 Å². The summed E-state index contributed by atoms with van der Waals surface area (Å²) >= 11 is 0. The number of benzene rings is 1. The Hall–Kier alpha value is -2.36. The fourth-order valence-electron chi connectivity index (χ4n) is 2.07. The standard InChI is InChI=1S/C14H11NO3/c1-8-3-5-11-10(7-8)13(17)9-4-6-12(16)15(2)14(9)18-11/h3-7H,1-2H3. The first-order valence-electron chi connectivity index (χ1n) is 5.61. The van der Waals surface area contributed by atoms with E-state index in [1.165, 1.54) is 16.7 Å². The molecule has 90 valence electrons. The molecule has 4 heteroatoms. The number of pyridine rings is 1. The molecule has 0 aliphatic rings. The van der Waals surface area contributed by atoms with E-state index in [1.807, 2.05) is 13.0 Å². The maximum absolute atomic E-state index is 12.3. The minimum atomic E-state index is -0.197. The van der Waals surface area contributed by atoms with Gasteiger partial charge in [-0.15, -0.1) is 0 Å². The van der Waals surface area contributed by atoms with Crippen molar-refractivity contribution in [3.8, 4) is 0 Å². The summed E-state index contributed by atoms with van der Waals surface area (Å²) in [6, 6.07) is 8.32. The summed E-state index contributed by atoms with van der Waals surface area (Å²) in [6.45, 7) is 1.92. The first kappa shape index (κ1) is 10.8. The molecular formula is C14H11NO3. The molecule has 0 amide bonds. The van der Waals surface area contributed by atoms with Gasteiger partial charge < -0.3 is 4.42 Å². The van der Waals surface area contributed by atoms with Crippen molar-refractivity contribution in [2.75, 3.05) is 0 Å². The van der Waals surface area contributed by atoms with Gasteiger partial charge in [0.15, 0.2) is 0 Å². The van der Waals surface area contributed by atoms with Crippen molar-refractivity contribution in [2.45, 2.75) is 6.92 Å². The van der Waals surface area contributed by atoms with Crippen LogP contribution in [0.2, 0.25) is 0 Å². The largest absolute Gasteiger partial charge is 0.439 e. The predicted molar refractivity (Wildman–Crippen MR) is 70.0 cm³/mol. The molecule has 0 saturated heterocycles. The average Bonchev–Trinajstić information content (AvgIpc) is 2.36. The molecule has 0 saturated carbocycles. The third-order valence-electron chi connectivity index (χ3n) is 3.09. The molecule has 3 rings (SSSR count). The number of aryl methyl sites for hydroxylation is 2. The number of hydrogen-bond acceptors (Lipinski definition) is 3. The SMILES string of the molecule is Cc1ccc2oc3c(ccc(=O)n3C)c(=O)c2c1. The molecule has 4 nitrogen and oxygen atoms in total. The lowest BCUT2D eigenvalue weighted by Gasteiger charge is -2.05. The van der Waals surface area contributed by atoms with Crippen LogP contribution < -0.4 is 11.0 Å². The van der Waals surface area contributed by atoms with Gasteiger partial charge in [-0.2, -0.15) is 0 Å². The van der Waals surface area contributed by atoms with Crippen molar-refractivity contribution in [2.24, 2.45) is 7.05 Å². The molecule has 0 bridgehead atoms. The lowest BCUT2D eigenvalue weighted by atomic mass is 10.1. The van der Waals surface area contributed by atoms with Crippen LogP contribution in [0.1, 0.15) is 5.56 Å². The molecule has 2 heterocycles. The lowest BCUT2D eigenvalue weighted by Crippen LogP contribution is -2.17. The van der Waals surface area contributed by atoms with Gasteiger partial charge in [-0.05, 0) is 25.1 Å². The van der Waals surface area contributed by atoms with E-state index in [4.69, 9.17) is 4.42 Å². The highest BCUT2D eigenvalue weighted by Crippen LogP contribution is 2.17. The summed E-state index contributed by atoms with van der Waals surface area (Å²) in [7, 11) is 1.59. The fourth-order valence-corrected chi connectivity index (χ4v) is 2.07. The molecule has 0 aliphatic carbocycles. The van der Waals surface area contributed by atoms with Crippen LogP contribution in [0.3, 0.4) is 0 Å². The molecule has 2 aromatic heterocycles. The van der Waals surface area contributed by atoms with Crippen molar-refractivity contribution >= 4 is 22.1 Å². The zero-order chi connectivity index (χ0) is 12.9. The molecule has 0 fully saturated rings. The van der Waals surface area contributed by atoms with E-state index in [9.17, 15) is 9.59 Å². The second-order valence-electron chi connectivity index (χ2n) is 4.38. The highest BCUT2D eigenvalue weighted by atomic mass is 16.3. The van der Waals surface area contributed by atoms with Crippen molar-refractivity contribution in [1.29, 1.82) is 0 Å². The van der Waals surface area contributed by atoms with Gasteiger partial charge in [0.05, 0.1) is 10.8 Å². The average molecular weight is 241 g/mol. The minimum absolute atomic E-state index is 0.106. The van der Waals surface area contributed by atoms with E-state index in [2.05, 4.69) is 0 Å². The summed E-state index contributed by atoms with van der Waals surface area (Å²) in [5.41, 5.74) is 1.50. The Morgan fingerprint density at radius 1 is 1.06 bits per heavy atom. The lowest BCUT2D eigenvalue weighted by molar-refractivity contribution is 0.612. The molecule has 0 radical (unpaired) electrons. The summed E-state index contributed by atoms with van der Waals surface area (Å²) in [5.74, 6) is 0. The first-order chi connectivity index (χ1) is 8.58. The van der Waals surface area contributed by atoms with Crippen molar-refractivity contribution in [3.63, 3.8) is 0 Å². The first-order valence-corrected chi connectivity index (χ1v) is 5.61. The quantitative estimate of drug-likeness (QED) is 0.565. The van der Waals surface area contributed by atoms with E-state index in [-0.39, 0.29) is 11.0 Å². The molecule has 18 heavy (non-hydrogen) atoms. The summed E-state index contributed by atoms with van der Waals surface area (Å²) in [5, 5.41) is 0.969. The van der Waals surface area contributed by atoms with Crippen LogP contribution in [-0.4, -0.2) is 4.57 Å².